The summed E-state index contributed by atoms with van der Waals surface area (Å²) in [5, 5.41) is 0. The van der Waals surface area contributed by atoms with E-state index >= 15 is 0 Å². The van der Waals surface area contributed by atoms with Gasteiger partial charge in [0.2, 0.25) is 15.7 Å². The predicted molar refractivity (Wildman–Crippen MR) is 116 cm³/mol. The average molecular weight is 463 g/mol. The molecule has 0 N–H and O–H groups in total. The topological polar surface area (TPSA) is 66.9 Å². The number of carbonyl (C=O) groups excluding carboxylic acids is 1. The van der Waals surface area contributed by atoms with E-state index in [1.54, 1.807) is 11.0 Å². The molecule has 0 radical (unpaired) electrons. The third kappa shape index (κ3) is 4.27. The molecule has 170 valence electrons. The van der Waals surface area contributed by atoms with Crippen LogP contribution in [0.15, 0.2) is 59.1 Å². The predicted octanol–water partition coefficient (Wildman–Crippen LogP) is 3.54. The third-order valence-electron chi connectivity index (χ3n) is 5.66. The number of piperazine rings is 1. The first-order chi connectivity index (χ1) is 15.1. The van der Waals surface area contributed by atoms with Gasteiger partial charge in [0, 0.05) is 25.2 Å². The van der Waals surface area contributed by atoms with Crippen molar-refractivity contribution in [3.8, 4) is 5.75 Å². The van der Waals surface area contributed by atoms with Gasteiger partial charge in [-0.25, -0.2) is 8.42 Å². The standard InChI is InChI=1S/C23H24F2N2O4S/c1-23(2)20(13-17-12-18(8-9-19(17)31-23)32(29,30)22(24)25)27-11-10-26(15-21(27)28)14-16-6-4-3-5-7-16/h3-9,12-13,22H,10-11,14-15H2,1-2H3. The Kier molecular flexibility index (Phi) is 5.81. The zero-order valence-electron chi connectivity index (χ0n) is 17.8. The number of halogens is 2. The van der Waals surface area contributed by atoms with E-state index in [-0.39, 0.29) is 12.5 Å². The number of fused-ring (bicyclic) bond motifs is 1. The van der Waals surface area contributed by atoms with Crippen LogP contribution in [0.4, 0.5) is 8.78 Å². The fraction of sp³-hybridized carbons (Fsp3) is 0.348. The van der Waals surface area contributed by atoms with E-state index in [9.17, 15) is 22.0 Å². The summed E-state index contributed by atoms with van der Waals surface area (Å²) < 4.78 is 55.7. The molecule has 1 amide bonds. The van der Waals surface area contributed by atoms with Gasteiger partial charge >= 0.3 is 5.76 Å². The van der Waals surface area contributed by atoms with Gasteiger partial charge < -0.3 is 9.64 Å². The molecular weight excluding hydrogens is 438 g/mol. The SMILES string of the molecule is CC1(C)Oc2ccc(S(=O)(=O)C(F)F)cc2C=C1N1CCN(Cc2ccccc2)CC1=O. The molecule has 2 aliphatic rings. The van der Waals surface area contributed by atoms with Gasteiger partial charge in [-0.1, -0.05) is 30.3 Å². The minimum atomic E-state index is -4.73. The van der Waals surface area contributed by atoms with Crippen molar-refractivity contribution in [3.63, 3.8) is 0 Å². The molecule has 0 aliphatic carbocycles. The van der Waals surface area contributed by atoms with Gasteiger partial charge in [-0.15, -0.1) is 0 Å². The molecule has 1 saturated heterocycles. The van der Waals surface area contributed by atoms with Crippen molar-refractivity contribution in [2.75, 3.05) is 19.6 Å². The number of amides is 1. The summed E-state index contributed by atoms with van der Waals surface area (Å²) in [6, 6.07) is 13.5. The summed E-state index contributed by atoms with van der Waals surface area (Å²) in [4.78, 5) is 16.2. The van der Waals surface area contributed by atoms with Crippen LogP contribution >= 0.6 is 0 Å². The zero-order chi connectivity index (χ0) is 23.1. The van der Waals surface area contributed by atoms with Crippen LogP contribution in [0.2, 0.25) is 0 Å². The van der Waals surface area contributed by atoms with E-state index in [1.807, 2.05) is 44.2 Å². The lowest BCUT2D eigenvalue weighted by molar-refractivity contribution is -0.135. The quantitative estimate of drug-likeness (QED) is 0.680. The zero-order valence-corrected chi connectivity index (χ0v) is 18.6. The molecule has 32 heavy (non-hydrogen) atoms. The first kappa shape index (κ1) is 22.4. The Bertz CT molecular complexity index is 1160. The van der Waals surface area contributed by atoms with Crippen molar-refractivity contribution in [2.24, 2.45) is 0 Å². The number of ether oxygens (including phenoxy) is 1. The maximum absolute atomic E-state index is 13.0. The van der Waals surface area contributed by atoms with Gasteiger partial charge in [0.25, 0.3) is 0 Å². The highest BCUT2D eigenvalue weighted by Crippen LogP contribution is 2.39. The van der Waals surface area contributed by atoms with Crippen LogP contribution in [0.25, 0.3) is 6.08 Å². The molecule has 0 spiro atoms. The number of benzene rings is 2. The molecule has 0 atom stereocenters. The number of alkyl halides is 2. The Morgan fingerprint density at radius 3 is 2.47 bits per heavy atom. The summed E-state index contributed by atoms with van der Waals surface area (Å²) in [5.74, 6) is -3.23. The second kappa shape index (κ2) is 8.29. The summed E-state index contributed by atoms with van der Waals surface area (Å²) in [6.45, 7) is 5.62. The molecule has 2 aliphatic heterocycles. The number of rotatable bonds is 5. The molecule has 1 fully saturated rings. The molecule has 6 nitrogen and oxygen atoms in total. The second-order valence-corrected chi connectivity index (χ2v) is 10.3. The molecule has 2 heterocycles. The maximum Gasteiger partial charge on any atom is 0.341 e. The van der Waals surface area contributed by atoms with Gasteiger partial charge in [-0.05, 0) is 43.7 Å². The summed E-state index contributed by atoms with van der Waals surface area (Å²) >= 11 is 0. The van der Waals surface area contributed by atoms with Crippen LogP contribution in [0.3, 0.4) is 0 Å². The molecule has 0 saturated carbocycles. The average Bonchev–Trinajstić information content (AvgIpc) is 2.73. The van der Waals surface area contributed by atoms with Gasteiger partial charge in [0.05, 0.1) is 17.1 Å². The summed E-state index contributed by atoms with van der Waals surface area (Å²) in [7, 11) is -4.73. The van der Waals surface area contributed by atoms with E-state index < -0.39 is 26.1 Å². The fourth-order valence-electron chi connectivity index (χ4n) is 4.02. The lowest BCUT2D eigenvalue weighted by Gasteiger charge is -2.42. The van der Waals surface area contributed by atoms with Crippen molar-refractivity contribution in [1.82, 2.24) is 9.80 Å². The monoisotopic (exact) mass is 462 g/mol. The Morgan fingerprint density at radius 1 is 1.09 bits per heavy atom. The molecule has 2 aromatic rings. The van der Waals surface area contributed by atoms with E-state index in [4.69, 9.17) is 4.74 Å². The van der Waals surface area contributed by atoms with Crippen LogP contribution in [-0.4, -0.2) is 55.1 Å². The molecule has 0 unspecified atom stereocenters. The van der Waals surface area contributed by atoms with Gasteiger partial charge in [-0.3, -0.25) is 9.69 Å². The van der Waals surface area contributed by atoms with Crippen LogP contribution in [0, 0.1) is 0 Å². The number of carbonyl (C=O) groups is 1. The van der Waals surface area contributed by atoms with Crippen molar-refractivity contribution in [2.45, 2.75) is 36.6 Å². The van der Waals surface area contributed by atoms with Crippen LogP contribution in [0.5, 0.6) is 5.75 Å². The van der Waals surface area contributed by atoms with E-state index in [1.165, 1.54) is 12.1 Å². The second-order valence-electron chi connectivity index (χ2n) is 8.39. The molecule has 2 aromatic carbocycles. The van der Waals surface area contributed by atoms with Crippen molar-refractivity contribution < 1.29 is 26.7 Å². The highest BCUT2D eigenvalue weighted by Gasteiger charge is 2.39. The maximum atomic E-state index is 13.0. The number of hydrogen-bond donors (Lipinski definition) is 0. The first-order valence-electron chi connectivity index (χ1n) is 10.2. The highest BCUT2D eigenvalue weighted by molar-refractivity contribution is 7.91. The van der Waals surface area contributed by atoms with Crippen molar-refractivity contribution in [1.29, 1.82) is 0 Å². The van der Waals surface area contributed by atoms with Gasteiger partial charge in [0.15, 0.2) is 0 Å². The molecule has 4 rings (SSSR count). The Balaban J connectivity index is 1.59. The lowest BCUT2D eigenvalue weighted by atomic mass is 9.96. The Hall–Kier alpha value is -2.78. The molecule has 9 heteroatoms. The van der Waals surface area contributed by atoms with Crippen LogP contribution < -0.4 is 4.74 Å². The first-order valence-corrected chi connectivity index (χ1v) is 11.8. The number of nitrogens with zero attached hydrogens (tertiary/aromatic N) is 2. The smallest absolute Gasteiger partial charge is 0.341 e. The van der Waals surface area contributed by atoms with Crippen LogP contribution in [-0.2, 0) is 21.2 Å². The summed E-state index contributed by atoms with van der Waals surface area (Å²) in [6.07, 6.45) is 1.66. The van der Waals surface area contributed by atoms with Crippen LogP contribution in [0.1, 0.15) is 25.0 Å². The van der Waals surface area contributed by atoms with Crippen molar-refractivity contribution >= 4 is 21.8 Å². The fourth-order valence-corrected chi connectivity index (χ4v) is 4.77. The van der Waals surface area contributed by atoms with Crippen molar-refractivity contribution in [3.05, 3.63) is 65.4 Å². The van der Waals surface area contributed by atoms with E-state index in [2.05, 4.69) is 4.90 Å². The minimum Gasteiger partial charge on any atom is -0.481 e. The normalized spacial score (nSPS) is 18.8. The third-order valence-corrected chi connectivity index (χ3v) is 7.04. The molecular formula is C23H24F2N2O4S. The molecule has 0 aromatic heterocycles. The van der Waals surface area contributed by atoms with E-state index in [0.29, 0.717) is 36.6 Å². The van der Waals surface area contributed by atoms with Gasteiger partial charge in [-0.2, -0.15) is 8.78 Å². The lowest BCUT2D eigenvalue weighted by Crippen LogP contribution is -2.53. The summed E-state index contributed by atoms with van der Waals surface area (Å²) in [5.41, 5.74) is 1.19. The molecule has 0 bridgehead atoms. The highest BCUT2D eigenvalue weighted by atomic mass is 32.2. The largest absolute Gasteiger partial charge is 0.481 e. The Morgan fingerprint density at radius 2 is 1.81 bits per heavy atom. The number of hydrogen-bond acceptors (Lipinski definition) is 5. The van der Waals surface area contributed by atoms with E-state index in [0.717, 1.165) is 11.6 Å². The minimum absolute atomic E-state index is 0.102. The van der Waals surface area contributed by atoms with Gasteiger partial charge in [0.1, 0.15) is 11.4 Å². The number of sulfone groups is 1. The Labute approximate surface area is 186 Å².